The molecule has 0 saturated carbocycles. The SMILES string of the molecule is N=C1C(=O)OC[C@@H]1c1ccc(Cl)cc1N. The van der Waals surface area contributed by atoms with Crippen LogP contribution in [0.5, 0.6) is 0 Å². The summed E-state index contributed by atoms with van der Waals surface area (Å²) in [7, 11) is 0. The van der Waals surface area contributed by atoms with E-state index in [1.807, 2.05) is 0 Å². The fourth-order valence-electron chi connectivity index (χ4n) is 1.57. The van der Waals surface area contributed by atoms with Crippen LogP contribution in [0.15, 0.2) is 18.2 Å². The predicted molar refractivity (Wildman–Crippen MR) is 57.3 cm³/mol. The Kier molecular flexibility index (Phi) is 2.36. The first-order valence-electron chi connectivity index (χ1n) is 4.40. The van der Waals surface area contributed by atoms with Gasteiger partial charge in [0.2, 0.25) is 0 Å². The molecule has 15 heavy (non-hydrogen) atoms. The van der Waals surface area contributed by atoms with Crippen LogP contribution in [0, 0.1) is 5.41 Å². The van der Waals surface area contributed by atoms with E-state index in [0.717, 1.165) is 5.56 Å². The van der Waals surface area contributed by atoms with Crippen LogP contribution < -0.4 is 5.73 Å². The highest BCUT2D eigenvalue weighted by Gasteiger charge is 2.33. The van der Waals surface area contributed by atoms with Crippen molar-refractivity contribution < 1.29 is 9.53 Å². The fourth-order valence-corrected chi connectivity index (χ4v) is 1.75. The van der Waals surface area contributed by atoms with E-state index in [0.29, 0.717) is 10.7 Å². The number of nitrogens with two attached hydrogens (primary N) is 1. The minimum Gasteiger partial charge on any atom is -0.460 e. The molecule has 0 amide bonds. The Morgan fingerprint density at radius 3 is 2.80 bits per heavy atom. The summed E-state index contributed by atoms with van der Waals surface area (Å²) in [6, 6.07) is 5.01. The van der Waals surface area contributed by atoms with Crippen molar-refractivity contribution in [3.05, 3.63) is 28.8 Å². The van der Waals surface area contributed by atoms with Crippen LogP contribution >= 0.6 is 11.6 Å². The van der Waals surface area contributed by atoms with E-state index in [1.165, 1.54) is 0 Å². The first kappa shape index (κ1) is 9.98. The zero-order valence-corrected chi connectivity index (χ0v) is 8.54. The van der Waals surface area contributed by atoms with Crippen molar-refractivity contribution in [2.45, 2.75) is 5.92 Å². The number of hydrogen-bond acceptors (Lipinski definition) is 4. The third kappa shape index (κ3) is 1.68. The molecule has 0 aromatic heterocycles. The summed E-state index contributed by atoms with van der Waals surface area (Å²) in [4.78, 5) is 11.0. The van der Waals surface area contributed by atoms with Gasteiger partial charge in [0.1, 0.15) is 12.3 Å². The number of nitrogen functional groups attached to an aromatic ring is 1. The number of cyclic esters (lactones) is 1. The van der Waals surface area contributed by atoms with E-state index in [1.54, 1.807) is 18.2 Å². The summed E-state index contributed by atoms with van der Waals surface area (Å²) < 4.78 is 4.77. The van der Waals surface area contributed by atoms with Crippen LogP contribution in [0.4, 0.5) is 5.69 Å². The van der Waals surface area contributed by atoms with Crippen molar-refractivity contribution >= 4 is 29.0 Å². The summed E-state index contributed by atoms with van der Waals surface area (Å²) in [5, 5.41) is 8.07. The molecule has 0 bridgehead atoms. The molecule has 1 fully saturated rings. The summed E-state index contributed by atoms with van der Waals surface area (Å²) in [6.07, 6.45) is 0. The largest absolute Gasteiger partial charge is 0.460 e. The second-order valence-electron chi connectivity index (χ2n) is 3.34. The zero-order chi connectivity index (χ0) is 11.0. The highest BCUT2D eigenvalue weighted by atomic mass is 35.5. The van der Waals surface area contributed by atoms with E-state index < -0.39 is 5.97 Å². The zero-order valence-electron chi connectivity index (χ0n) is 7.79. The van der Waals surface area contributed by atoms with Crippen LogP contribution in [0.3, 0.4) is 0 Å². The molecule has 4 nitrogen and oxygen atoms in total. The van der Waals surface area contributed by atoms with Gasteiger partial charge in [0.05, 0.1) is 5.92 Å². The maximum Gasteiger partial charge on any atom is 0.352 e. The molecular formula is C10H9ClN2O2. The average Bonchev–Trinajstić information content (AvgIpc) is 2.49. The van der Waals surface area contributed by atoms with Crippen molar-refractivity contribution in [3.63, 3.8) is 0 Å². The number of nitrogens with one attached hydrogen (secondary N) is 1. The molecule has 1 atom stereocenters. The second kappa shape index (κ2) is 3.55. The molecule has 1 aliphatic rings. The molecule has 0 aliphatic carbocycles. The smallest absolute Gasteiger partial charge is 0.352 e. The van der Waals surface area contributed by atoms with Crippen molar-refractivity contribution in [3.8, 4) is 0 Å². The van der Waals surface area contributed by atoms with Gasteiger partial charge in [-0.3, -0.25) is 5.41 Å². The van der Waals surface area contributed by atoms with Crippen molar-refractivity contribution in [2.24, 2.45) is 0 Å². The highest BCUT2D eigenvalue weighted by molar-refractivity contribution is 6.39. The lowest BCUT2D eigenvalue weighted by molar-refractivity contribution is -0.132. The number of rotatable bonds is 1. The lowest BCUT2D eigenvalue weighted by Gasteiger charge is -2.10. The van der Waals surface area contributed by atoms with E-state index >= 15 is 0 Å². The molecule has 1 saturated heterocycles. The third-order valence-corrected chi connectivity index (χ3v) is 2.61. The van der Waals surface area contributed by atoms with Gasteiger partial charge < -0.3 is 10.5 Å². The van der Waals surface area contributed by atoms with Crippen molar-refractivity contribution in [1.82, 2.24) is 0 Å². The van der Waals surface area contributed by atoms with E-state index in [-0.39, 0.29) is 18.2 Å². The molecule has 3 N–H and O–H groups in total. The topological polar surface area (TPSA) is 76.2 Å². The van der Waals surface area contributed by atoms with Gasteiger partial charge in [-0.2, -0.15) is 0 Å². The molecule has 1 aliphatic heterocycles. The van der Waals surface area contributed by atoms with Gasteiger partial charge >= 0.3 is 5.97 Å². The highest BCUT2D eigenvalue weighted by Crippen LogP contribution is 2.29. The third-order valence-electron chi connectivity index (χ3n) is 2.37. The van der Waals surface area contributed by atoms with Crippen LogP contribution in [0.1, 0.15) is 11.5 Å². The van der Waals surface area contributed by atoms with Gasteiger partial charge in [0.15, 0.2) is 0 Å². The van der Waals surface area contributed by atoms with Gasteiger partial charge in [0, 0.05) is 10.7 Å². The molecule has 0 spiro atoms. The molecule has 78 valence electrons. The van der Waals surface area contributed by atoms with E-state index in [9.17, 15) is 4.79 Å². The summed E-state index contributed by atoms with van der Waals surface area (Å²) in [5.41, 5.74) is 6.91. The molecule has 0 radical (unpaired) electrons. The standard InChI is InChI=1S/C10H9ClN2O2/c11-5-1-2-6(8(12)3-5)7-4-15-10(14)9(7)13/h1-3,7,13H,4,12H2/t7-/m1/s1. The Morgan fingerprint density at radius 1 is 1.53 bits per heavy atom. The summed E-state index contributed by atoms with van der Waals surface area (Å²) in [5.74, 6) is -0.941. The molecule has 5 heteroatoms. The maximum atomic E-state index is 11.0. The Hall–Kier alpha value is -1.55. The number of ether oxygens (including phenoxy) is 1. The first-order chi connectivity index (χ1) is 7.09. The number of carbonyl (C=O) groups excluding carboxylic acids is 1. The molecular weight excluding hydrogens is 216 g/mol. The van der Waals surface area contributed by atoms with Crippen molar-refractivity contribution in [2.75, 3.05) is 12.3 Å². The van der Waals surface area contributed by atoms with Gasteiger partial charge in [0.25, 0.3) is 0 Å². The summed E-state index contributed by atoms with van der Waals surface area (Å²) >= 11 is 5.76. The predicted octanol–water partition coefficient (Wildman–Crippen LogP) is 1.58. The van der Waals surface area contributed by atoms with E-state index in [4.69, 9.17) is 27.5 Å². The quantitative estimate of drug-likeness (QED) is 0.562. The van der Waals surface area contributed by atoms with Gasteiger partial charge in [-0.25, -0.2) is 4.79 Å². The van der Waals surface area contributed by atoms with Crippen LogP contribution in [0.25, 0.3) is 0 Å². The molecule has 1 aromatic carbocycles. The molecule has 1 aromatic rings. The number of carbonyl (C=O) groups is 1. The monoisotopic (exact) mass is 224 g/mol. The number of halogens is 1. The second-order valence-corrected chi connectivity index (χ2v) is 3.77. The van der Waals surface area contributed by atoms with Gasteiger partial charge in [-0.05, 0) is 17.7 Å². The average molecular weight is 225 g/mol. The number of esters is 1. The van der Waals surface area contributed by atoms with Gasteiger partial charge in [-0.1, -0.05) is 17.7 Å². The van der Waals surface area contributed by atoms with E-state index in [2.05, 4.69) is 0 Å². The Morgan fingerprint density at radius 2 is 2.27 bits per heavy atom. The molecule has 1 heterocycles. The van der Waals surface area contributed by atoms with Crippen LogP contribution in [0.2, 0.25) is 5.02 Å². The lowest BCUT2D eigenvalue weighted by Crippen LogP contribution is -2.13. The number of anilines is 1. The normalized spacial score (nSPS) is 20.5. The molecule has 0 unspecified atom stereocenters. The lowest BCUT2D eigenvalue weighted by atomic mass is 9.95. The first-order valence-corrected chi connectivity index (χ1v) is 4.78. The number of benzene rings is 1. The minimum atomic E-state index is -0.575. The van der Waals surface area contributed by atoms with Crippen LogP contribution in [-0.2, 0) is 9.53 Å². The van der Waals surface area contributed by atoms with Crippen molar-refractivity contribution in [1.29, 1.82) is 5.41 Å². The summed E-state index contributed by atoms with van der Waals surface area (Å²) in [6.45, 7) is 0.184. The number of hydrogen-bond donors (Lipinski definition) is 2. The fraction of sp³-hybridized carbons (Fsp3) is 0.200. The van der Waals surface area contributed by atoms with Gasteiger partial charge in [-0.15, -0.1) is 0 Å². The molecule has 2 rings (SSSR count). The Balaban J connectivity index is 2.38. The Labute approximate surface area is 91.5 Å². The maximum absolute atomic E-state index is 11.0. The van der Waals surface area contributed by atoms with Crippen LogP contribution in [-0.4, -0.2) is 18.3 Å². The Bertz CT molecular complexity index is 445. The minimum absolute atomic E-state index is 0.0518.